The van der Waals surface area contributed by atoms with Crippen LogP contribution in [0.15, 0.2) is 53.0 Å². The first-order valence-corrected chi connectivity index (χ1v) is 9.49. The number of carbonyl (C=O) groups excluding carboxylic acids is 1. The van der Waals surface area contributed by atoms with Gasteiger partial charge in [-0.15, -0.1) is 21.5 Å². The molecule has 0 saturated heterocycles. The number of rotatable bonds is 7. The first-order valence-electron chi connectivity index (χ1n) is 7.62. The average Bonchev–Trinajstić information content (AvgIpc) is 3.22. The van der Waals surface area contributed by atoms with Crippen molar-refractivity contribution in [3.8, 4) is 10.7 Å². The van der Waals surface area contributed by atoms with Crippen LogP contribution in [-0.2, 0) is 11.3 Å². The van der Waals surface area contributed by atoms with Gasteiger partial charge in [-0.25, -0.2) is 0 Å². The summed E-state index contributed by atoms with van der Waals surface area (Å²) in [5.74, 6) is 1.63. The smallest absolute Gasteiger partial charge is 0.216 e. The van der Waals surface area contributed by atoms with Crippen molar-refractivity contribution in [3.05, 3.63) is 53.4 Å². The average molecular weight is 358 g/mol. The quantitative estimate of drug-likeness (QED) is 0.520. The fourth-order valence-corrected chi connectivity index (χ4v) is 3.77. The molecule has 5 nitrogen and oxygen atoms in total. The number of thiophene rings is 1. The first kappa shape index (κ1) is 16.7. The first-order chi connectivity index (χ1) is 11.7. The van der Waals surface area contributed by atoms with Gasteiger partial charge in [0.25, 0.3) is 0 Å². The lowest BCUT2D eigenvalue weighted by Gasteiger charge is -2.09. The molecule has 0 spiro atoms. The molecule has 124 valence electrons. The summed E-state index contributed by atoms with van der Waals surface area (Å²) in [5, 5.41) is 14.5. The third-order valence-corrected chi connectivity index (χ3v) is 5.18. The van der Waals surface area contributed by atoms with Gasteiger partial charge in [-0.2, -0.15) is 0 Å². The lowest BCUT2D eigenvalue weighted by Crippen LogP contribution is -2.22. The van der Waals surface area contributed by atoms with E-state index in [9.17, 15) is 4.79 Å². The van der Waals surface area contributed by atoms with Crippen LogP contribution in [0.1, 0.15) is 12.5 Å². The van der Waals surface area contributed by atoms with E-state index in [1.165, 1.54) is 12.5 Å². The molecule has 0 unspecified atom stereocenters. The maximum Gasteiger partial charge on any atom is 0.216 e. The molecule has 3 rings (SSSR count). The zero-order valence-corrected chi connectivity index (χ0v) is 14.9. The van der Waals surface area contributed by atoms with Crippen LogP contribution in [0, 0.1) is 0 Å². The van der Waals surface area contributed by atoms with Gasteiger partial charge in [-0.1, -0.05) is 48.2 Å². The number of hydrogen-bond donors (Lipinski definition) is 1. The molecule has 0 aliphatic carbocycles. The summed E-state index contributed by atoms with van der Waals surface area (Å²) in [6, 6.07) is 14.4. The second-order valence-electron chi connectivity index (χ2n) is 5.19. The van der Waals surface area contributed by atoms with Crippen LogP contribution in [0.4, 0.5) is 0 Å². The third kappa shape index (κ3) is 4.24. The lowest BCUT2D eigenvalue weighted by molar-refractivity contribution is -0.118. The Morgan fingerprint density at radius 1 is 1.21 bits per heavy atom. The Morgan fingerprint density at radius 3 is 2.75 bits per heavy atom. The van der Waals surface area contributed by atoms with Crippen LogP contribution >= 0.6 is 23.1 Å². The molecule has 1 N–H and O–H groups in total. The molecule has 7 heteroatoms. The van der Waals surface area contributed by atoms with Crippen molar-refractivity contribution in [2.75, 3.05) is 12.3 Å². The van der Waals surface area contributed by atoms with Crippen LogP contribution in [0.25, 0.3) is 10.7 Å². The molecule has 1 amide bonds. The summed E-state index contributed by atoms with van der Waals surface area (Å²) in [4.78, 5) is 12.1. The van der Waals surface area contributed by atoms with Gasteiger partial charge >= 0.3 is 0 Å². The minimum absolute atomic E-state index is 0.0133. The van der Waals surface area contributed by atoms with E-state index in [2.05, 4.69) is 38.3 Å². The summed E-state index contributed by atoms with van der Waals surface area (Å²) in [5.41, 5.74) is 1.21. The SMILES string of the molecule is CC(=O)NCCSc1nnc(-c2cccs2)n1Cc1ccccc1. The van der Waals surface area contributed by atoms with Crippen LogP contribution in [-0.4, -0.2) is 33.0 Å². The molecule has 0 aliphatic rings. The zero-order chi connectivity index (χ0) is 16.8. The number of nitrogens with zero attached hydrogens (tertiary/aromatic N) is 3. The fraction of sp³-hybridized carbons (Fsp3) is 0.235. The predicted octanol–water partition coefficient (Wildman–Crippen LogP) is 3.28. The van der Waals surface area contributed by atoms with Crippen LogP contribution in [0.2, 0.25) is 0 Å². The summed E-state index contributed by atoms with van der Waals surface area (Å²) in [6.45, 7) is 2.87. The minimum atomic E-state index is -0.0133. The van der Waals surface area contributed by atoms with Crippen molar-refractivity contribution in [1.29, 1.82) is 0 Å². The Labute approximate surface area is 149 Å². The minimum Gasteiger partial charge on any atom is -0.356 e. The molecule has 2 heterocycles. The summed E-state index contributed by atoms with van der Waals surface area (Å²) in [7, 11) is 0. The van der Waals surface area contributed by atoms with Crippen molar-refractivity contribution < 1.29 is 4.79 Å². The standard InChI is InChI=1S/C17H18N4OS2/c1-13(22)18-9-11-24-17-20-19-16(15-8-5-10-23-15)21(17)12-14-6-3-2-4-7-14/h2-8,10H,9,11-12H2,1H3,(H,18,22). The third-order valence-electron chi connectivity index (χ3n) is 3.35. The van der Waals surface area contributed by atoms with Crippen LogP contribution in [0.3, 0.4) is 0 Å². The molecule has 0 bridgehead atoms. The molecule has 0 atom stereocenters. The number of aromatic nitrogens is 3. The van der Waals surface area contributed by atoms with Crippen molar-refractivity contribution in [2.24, 2.45) is 0 Å². The van der Waals surface area contributed by atoms with E-state index in [-0.39, 0.29) is 5.91 Å². The topological polar surface area (TPSA) is 59.8 Å². The Morgan fingerprint density at radius 2 is 2.04 bits per heavy atom. The summed E-state index contributed by atoms with van der Waals surface area (Å²) >= 11 is 3.26. The maximum absolute atomic E-state index is 11.0. The van der Waals surface area contributed by atoms with E-state index in [1.807, 2.05) is 29.6 Å². The van der Waals surface area contributed by atoms with Crippen molar-refractivity contribution >= 4 is 29.0 Å². The van der Waals surface area contributed by atoms with Crippen molar-refractivity contribution in [2.45, 2.75) is 18.6 Å². The van der Waals surface area contributed by atoms with Gasteiger partial charge < -0.3 is 5.32 Å². The number of nitrogens with one attached hydrogen (secondary N) is 1. The molecule has 1 aromatic carbocycles. The fourth-order valence-electron chi connectivity index (χ4n) is 2.26. The van der Waals surface area contributed by atoms with Gasteiger partial charge in [-0.3, -0.25) is 9.36 Å². The van der Waals surface area contributed by atoms with Gasteiger partial charge in [0.1, 0.15) is 0 Å². The Hall–Kier alpha value is -2.12. The number of benzene rings is 1. The second kappa shape index (κ2) is 8.12. The van der Waals surface area contributed by atoms with Crippen LogP contribution < -0.4 is 5.32 Å². The number of hydrogen-bond acceptors (Lipinski definition) is 5. The van der Waals surface area contributed by atoms with Gasteiger partial charge in [0.15, 0.2) is 11.0 Å². The number of carbonyl (C=O) groups is 1. The molecular formula is C17H18N4OS2. The normalized spacial score (nSPS) is 10.7. The van der Waals surface area contributed by atoms with E-state index in [0.717, 1.165) is 28.2 Å². The van der Waals surface area contributed by atoms with Crippen LogP contribution in [0.5, 0.6) is 0 Å². The number of amides is 1. The van der Waals surface area contributed by atoms with E-state index in [1.54, 1.807) is 23.1 Å². The van der Waals surface area contributed by atoms with E-state index < -0.39 is 0 Å². The molecule has 0 aliphatic heterocycles. The largest absolute Gasteiger partial charge is 0.356 e. The molecule has 0 saturated carbocycles. The summed E-state index contributed by atoms with van der Waals surface area (Å²) < 4.78 is 2.14. The molecule has 0 radical (unpaired) electrons. The molecular weight excluding hydrogens is 340 g/mol. The maximum atomic E-state index is 11.0. The summed E-state index contributed by atoms with van der Waals surface area (Å²) in [6.07, 6.45) is 0. The molecule has 2 aromatic heterocycles. The monoisotopic (exact) mass is 358 g/mol. The second-order valence-corrected chi connectivity index (χ2v) is 7.20. The Kier molecular flexibility index (Phi) is 5.66. The van der Waals surface area contributed by atoms with Gasteiger partial charge in [0.2, 0.25) is 5.91 Å². The van der Waals surface area contributed by atoms with Crippen molar-refractivity contribution in [3.63, 3.8) is 0 Å². The van der Waals surface area contributed by atoms with Crippen molar-refractivity contribution in [1.82, 2.24) is 20.1 Å². The Bertz CT molecular complexity index is 784. The highest BCUT2D eigenvalue weighted by atomic mass is 32.2. The zero-order valence-electron chi connectivity index (χ0n) is 13.3. The lowest BCUT2D eigenvalue weighted by atomic mass is 10.2. The Balaban J connectivity index is 1.81. The predicted molar refractivity (Wildman–Crippen MR) is 98.3 cm³/mol. The number of thioether (sulfide) groups is 1. The highest BCUT2D eigenvalue weighted by Gasteiger charge is 2.15. The van der Waals surface area contributed by atoms with Gasteiger partial charge in [0.05, 0.1) is 11.4 Å². The molecule has 24 heavy (non-hydrogen) atoms. The highest BCUT2D eigenvalue weighted by molar-refractivity contribution is 7.99. The van der Waals surface area contributed by atoms with Gasteiger partial charge in [-0.05, 0) is 17.0 Å². The highest BCUT2D eigenvalue weighted by Crippen LogP contribution is 2.27. The molecule has 0 fully saturated rings. The molecule has 3 aromatic rings. The van der Waals surface area contributed by atoms with Gasteiger partial charge in [0, 0.05) is 19.2 Å². The van der Waals surface area contributed by atoms with E-state index in [0.29, 0.717) is 6.54 Å². The van der Waals surface area contributed by atoms with E-state index in [4.69, 9.17) is 0 Å². The van der Waals surface area contributed by atoms with E-state index >= 15 is 0 Å².